The molecule has 0 aromatic heterocycles. The summed E-state index contributed by atoms with van der Waals surface area (Å²) in [5.74, 6) is 0.457. The highest BCUT2D eigenvalue weighted by Gasteiger charge is 2.26. The van der Waals surface area contributed by atoms with Gasteiger partial charge in [-0.3, -0.25) is 9.59 Å². The molecule has 1 aliphatic rings. The van der Waals surface area contributed by atoms with Gasteiger partial charge in [0.1, 0.15) is 0 Å². The van der Waals surface area contributed by atoms with Crippen LogP contribution in [0.5, 0.6) is 0 Å². The van der Waals surface area contributed by atoms with E-state index in [0.29, 0.717) is 6.42 Å². The zero-order valence-corrected chi connectivity index (χ0v) is 10.3. The minimum atomic E-state index is 0.0974. The smallest absolute Gasteiger partial charge is 0.222 e. The SMILES string of the molecule is CCCCC(=O)N1CCC(C(=O)NC)CC1. The summed E-state index contributed by atoms with van der Waals surface area (Å²) in [7, 11) is 1.67. The molecule has 0 aromatic rings. The molecular weight excluding hydrogens is 204 g/mol. The van der Waals surface area contributed by atoms with Gasteiger partial charge in [-0.05, 0) is 19.3 Å². The van der Waals surface area contributed by atoms with E-state index >= 15 is 0 Å². The maximum absolute atomic E-state index is 11.7. The van der Waals surface area contributed by atoms with E-state index in [-0.39, 0.29) is 17.7 Å². The summed E-state index contributed by atoms with van der Waals surface area (Å²) in [5.41, 5.74) is 0. The van der Waals surface area contributed by atoms with Crippen molar-refractivity contribution in [2.75, 3.05) is 20.1 Å². The van der Waals surface area contributed by atoms with E-state index in [1.165, 1.54) is 0 Å². The van der Waals surface area contributed by atoms with Gasteiger partial charge in [-0.15, -0.1) is 0 Å². The molecule has 92 valence electrons. The molecule has 1 heterocycles. The van der Waals surface area contributed by atoms with E-state index in [1.807, 2.05) is 4.90 Å². The third-order valence-corrected chi connectivity index (χ3v) is 3.21. The highest BCUT2D eigenvalue weighted by molar-refractivity contribution is 5.79. The molecule has 0 saturated carbocycles. The second kappa shape index (κ2) is 6.51. The van der Waals surface area contributed by atoms with Crippen LogP contribution in [0.25, 0.3) is 0 Å². The topological polar surface area (TPSA) is 49.4 Å². The molecule has 16 heavy (non-hydrogen) atoms. The average molecular weight is 226 g/mol. The number of nitrogens with zero attached hydrogens (tertiary/aromatic N) is 1. The fourth-order valence-electron chi connectivity index (χ4n) is 2.08. The lowest BCUT2D eigenvalue weighted by molar-refractivity contribution is -0.135. The van der Waals surface area contributed by atoms with E-state index in [4.69, 9.17) is 0 Å². The third-order valence-electron chi connectivity index (χ3n) is 3.21. The van der Waals surface area contributed by atoms with Crippen molar-refractivity contribution in [2.45, 2.75) is 39.0 Å². The monoisotopic (exact) mass is 226 g/mol. The van der Waals surface area contributed by atoms with Gasteiger partial charge in [-0.1, -0.05) is 13.3 Å². The number of unbranched alkanes of at least 4 members (excludes halogenated alkanes) is 1. The number of hydrogen-bond acceptors (Lipinski definition) is 2. The van der Waals surface area contributed by atoms with Crippen molar-refractivity contribution in [2.24, 2.45) is 5.92 Å². The van der Waals surface area contributed by atoms with Gasteiger partial charge in [0.05, 0.1) is 0 Å². The Morgan fingerprint density at radius 3 is 2.44 bits per heavy atom. The number of nitrogens with one attached hydrogen (secondary N) is 1. The Bertz CT molecular complexity index is 245. The summed E-state index contributed by atoms with van der Waals surface area (Å²) in [6.07, 6.45) is 4.28. The first-order valence-electron chi connectivity index (χ1n) is 6.18. The van der Waals surface area contributed by atoms with Gasteiger partial charge in [-0.2, -0.15) is 0 Å². The van der Waals surface area contributed by atoms with Crippen LogP contribution in [-0.2, 0) is 9.59 Å². The summed E-state index contributed by atoms with van der Waals surface area (Å²) in [6.45, 7) is 3.56. The largest absolute Gasteiger partial charge is 0.359 e. The lowest BCUT2D eigenvalue weighted by Crippen LogP contribution is -2.42. The predicted molar refractivity (Wildman–Crippen MR) is 62.9 cm³/mol. The quantitative estimate of drug-likeness (QED) is 0.782. The van der Waals surface area contributed by atoms with E-state index in [0.717, 1.165) is 38.8 Å². The molecule has 0 unspecified atom stereocenters. The Balaban J connectivity index is 2.31. The van der Waals surface area contributed by atoms with Crippen LogP contribution in [0.1, 0.15) is 39.0 Å². The number of rotatable bonds is 4. The van der Waals surface area contributed by atoms with Crippen LogP contribution in [0.4, 0.5) is 0 Å². The number of hydrogen-bond donors (Lipinski definition) is 1. The van der Waals surface area contributed by atoms with Gasteiger partial charge >= 0.3 is 0 Å². The lowest BCUT2D eigenvalue weighted by atomic mass is 9.95. The van der Waals surface area contributed by atoms with Crippen LogP contribution in [0, 0.1) is 5.92 Å². The van der Waals surface area contributed by atoms with Gasteiger partial charge < -0.3 is 10.2 Å². The molecule has 0 spiro atoms. The molecule has 1 fully saturated rings. The normalized spacial score (nSPS) is 17.2. The summed E-state index contributed by atoms with van der Waals surface area (Å²) in [5, 5.41) is 2.67. The number of carbonyl (C=O) groups excluding carboxylic acids is 2. The lowest BCUT2D eigenvalue weighted by Gasteiger charge is -2.31. The number of amides is 2. The third kappa shape index (κ3) is 3.51. The van der Waals surface area contributed by atoms with Gasteiger partial charge in [0.15, 0.2) is 0 Å². The second-order valence-corrected chi connectivity index (χ2v) is 4.37. The van der Waals surface area contributed by atoms with Crippen molar-refractivity contribution in [1.82, 2.24) is 10.2 Å². The van der Waals surface area contributed by atoms with E-state index in [9.17, 15) is 9.59 Å². The predicted octanol–water partition coefficient (Wildman–Crippen LogP) is 1.16. The molecule has 0 aliphatic carbocycles. The minimum Gasteiger partial charge on any atom is -0.359 e. The van der Waals surface area contributed by atoms with Gasteiger partial charge in [-0.25, -0.2) is 0 Å². The molecule has 0 aromatic carbocycles. The van der Waals surface area contributed by atoms with E-state index < -0.39 is 0 Å². The van der Waals surface area contributed by atoms with Gasteiger partial charge in [0.2, 0.25) is 11.8 Å². The van der Waals surface area contributed by atoms with Crippen LogP contribution >= 0.6 is 0 Å². The summed E-state index contributed by atoms with van der Waals surface area (Å²) in [4.78, 5) is 25.0. The molecule has 0 bridgehead atoms. The Morgan fingerprint density at radius 2 is 1.94 bits per heavy atom. The maximum Gasteiger partial charge on any atom is 0.222 e. The fraction of sp³-hybridized carbons (Fsp3) is 0.833. The Labute approximate surface area is 97.4 Å². The summed E-state index contributed by atoms with van der Waals surface area (Å²) in [6, 6.07) is 0. The van der Waals surface area contributed by atoms with Crippen LogP contribution in [0.15, 0.2) is 0 Å². The Morgan fingerprint density at radius 1 is 1.31 bits per heavy atom. The molecular formula is C12H22N2O2. The first-order chi connectivity index (χ1) is 7.69. The number of carbonyl (C=O) groups is 2. The van der Waals surface area contributed by atoms with E-state index in [2.05, 4.69) is 12.2 Å². The molecule has 2 amide bonds. The molecule has 0 radical (unpaired) electrons. The summed E-state index contributed by atoms with van der Waals surface area (Å²) >= 11 is 0. The molecule has 1 rings (SSSR count). The van der Waals surface area contributed by atoms with Crippen LogP contribution < -0.4 is 5.32 Å². The van der Waals surface area contributed by atoms with Crippen LogP contribution in [0.3, 0.4) is 0 Å². The number of piperidine rings is 1. The Hall–Kier alpha value is -1.06. The second-order valence-electron chi connectivity index (χ2n) is 4.37. The highest BCUT2D eigenvalue weighted by atomic mass is 16.2. The van der Waals surface area contributed by atoms with Gasteiger partial charge in [0.25, 0.3) is 0 Å². The first kappa shape index (κ1) is 13.0. The van der Waals surface area contributed by atoms with Gasteiger partial charge in [0, 0.05) is 32.5 Å². The molecule has 0 atom stereocenters. The molecule has 1 saturated heterocycles. The van der Waals surface area contributed by atoms with Crippen molar-refractivity contribution in [3.05, 3.63) is 0 Å². The fourth-order valence-corrected chi connectivity index (χ4v) is 2.08. The highest BCUT2D eigenvalue weighted by Crippen LogP contribution is 2.18. The van der Waals surface area contributed by atoms with Crippen molar-refractivity contribution in [1.29, 1.82) is 0 Å². The number of likely N-dealkylation sites (tertiary alicyclic amines) is 1. The molecule has 1 aliphatic heterocycles. The van der Waals surface area contributed by atoms with Crippen molar-refractivity contribution >= 4 is 11.8 Å². The van der Waals surface area contributed by atoms with E-state index in [1.54, 1.807) is 7.05 Å². The van der Waals surface area contributed by atoms with Crippen molar-refractivity contribution in [3.63, 3.8) is 0 Å². The van der Waals surface area contributed by atoms with Crippen LogP contribution in [0.2, 0.25) is 0 Å². The first-order valence-corrected chi connectivity index (χ1v) is 6.18. The standard InChI is InChI=1S/C12H22N2O2/c1-3-4-5-11(15)14-8-6-10(7-9-14)12(16)13-2/h10H,3-9H2,1-2H3,(H,13,16). The summed E-state index contributed by atoms with van der Waals surface area (Å²) < 4.78 is 0. The molecule has 4 nitrogen and oxygen atoms in total. The maximum atomic E-state index is 11.7. The zero-order valence-electron chi connectivity index (χ0n) is 10.3. The van der Waals surface area contributed by atoms with Crippen LogP contribution in [-0.4, -0.2) is 36.9 Å². The van der Waals surface area contributed by atoms with Crippen molar-refractivity contribution < 1.29 is 9.59 Å². The molecule has 4 heteroatoms. The zero-order chi connectivity index (χ0) is 12.0. The minimum absolute atomic E-state index is 0.0974. The average Bonchev–Trinajstić information content (AvgIpc) is 2.35. The molecule has 1 N–H and O–H groups in total. The Kier molecular flexibility index (Phi) is 5.29. The van der Waals surface area contributed by atoms with Crippen molar-refractivity contribution in [3.8, 4) is 0 Å².